The quantitative estimate of drug-likeness (QED) is 0.379. The molecule has 1 aromatic heterocycles. The van der Waals surface area contributed by atoms with Gasteiger partial charge in [0.25, 0.3) is 0 Å². The summed E-state index contributed by atoms with van der Waals surface area (Å²) in [6, 6.07) is 14.6. The number of aliphatic hydroxyl groups is 1. The fourth-order valence-electron chi connectivity index (χ4n) is 3.78. The summed E-state index contributed by atoms with van der Waals surface area (Å²) in [5.41, 5.74) is 2.50. The summed E-state index contributed by atoms with van der Waals surface area (Å²) in [5, 5.41) is 23.0. The lowest BCUT2D eigenvalue weighted by molar-refractivity contribution is -0.153. The predicted octanol–water partition coefficient (Wildman–Crippen LogP) is 4.44. The molecule has 3 rings (SSSR count). The molecule has 0 radical (unpaired) electrons. The van der Waals surface area contributed by atoms with Crippen molar-refractivity contribution in [1.82, 2.24) is 9.88 Å². The van der Waals surface area contributed by atoms with Crippen LogP contribution >= 0.6 is 0 Å². The maximum atomic E-state index is 12.4. The predicted molar refractivity (Wildman–Crippen MR) is 123 cm³/mol. The van der Waals surface area contributed by atoms with E-state index in [2.05, 4.69) is 17.5 Å². The van der Waals surface area contributed by atoms with E-state index in [0.29, 0.717) is 31.5 Å². The van der Waals surface area contributed by atoms with Gasteiger partial charge in [-0.05, 0) is 55.7 Å². The Balaban J connectivity index is 1.53. The topological polar surface area (TPSA) is 79.4 Å². The molecule has 6 nitrogen and oxygen atoms in total. The number of aryl methyl sites for hydroxylation is 1. The number of alkyl halides is 3. The van der Waals surface area contributed by atoms with Gasteiger partial charge in [0.2, 0.25) is 0 Å². The summed E-state index contributed by atoms with van der Waals surface area (Å²) in [6.45, 7) is 2.13. The average molecular weight is 476 g/mol. The van der Waals surface area contributed by atoms with Gasteiger partial charge >= 0.3 is 6.18 Å². The largest absolute Gasteiger partial charge is 0.488 e. The van der Waals surface area contributed by atoms with Gasteiger partial charge in [0.05, 0.1) is 11.1 Å². The number of aromatic nitrogens is 1. The summed E-state index contributed by atoms with van der Waals surface area (Å²) in [4.78, 5) is 0. The van der Waals surface area contributed by atoms with Crippen molar-refractivity contribution in [1.29, 1.82) is 5.26 Å². The highest BCUT2D eigenvalue weighted by Gasteiger charge is 2.29. The third kappa shape index (κ3) is 7.14. The average Bonchev–Trinajstić information content (AvgIpc) is 3.21. The molecule has 0 aliphatic heterocycles. The Morgan fingerprint density at radius 2 is 1.88 bits per heavy atom. The summed E-state index contributed by atoms with van der Waals surface area (Å²) >= 11 is 0. The Morgan fingerprint density at radius 1 is 1.15 bits per heavy atom. The van der Waals surface area contributed by atoms with Crippen LogP contribution < -0.4 is 14.8 Å². The zero-order valence-corrected chi connectivity index (χ0v) is 18.9. The highest BCUT2D eigenvalue weighted by molar-refractivity contribution is 5.86. The number of hydrogen-bond donors (Lipinski definition) is 2. The standard InChI is InChI=1S/C25H28F3N3O3/c1-18(30-8-12-33-22-5-2-3-6-23(22)34-17-25(26,27)28)13-19-14-20-7-10-31(9-4-11-32)24(20)21(15-19)16-29/h2-3,5-7,10,14-15,18,30,32H,4,8-9,11-13,17H2,1H3/t18-/m1/s1. The van der Waals surface area contributed by atoms with E-state index in [1.807, 2.05) is 29.8 Å². The lowest BCUT2D eigenvalue weighted by atomic mass is 10.0. The summed E-state index contributed by atoms with van der Waals surface area (Å²) < 4.78 is 49.7. The first-order chi connectivity index (χ1) is 16.3. The van der Waals surface area contributed by atoms with E-state index in [4.69, 9.17) is 14.6 Å². The van der Waals surface area contributed by atoms with Crippen LogP contribution in [0.4, 0.5) is 13.2 Å². The number of fused-ring (bicyclic) bond motifs is 1. The number of benzene rings is 2. The van der Waals surface area contributed by atoms with E-state index >= 15 is 0 Å². The SMILES string of the molecule is C[C@H](Cc1cc(C#N)c2c(ccn2CCCO)c1)NCCOc1ccccc1OCC(F)(F)F. The number of nitrogens with zero attached hydrogens (tertiary/aromatic N) is 2. The number of hydrogen-bond acceptors (Lipinski definition) is 5. The molecule has 3 aromatic rings. The second-order valence-corrected chi connectivity index (χ2v) is 8.04. The Bertz CT molecular complexity index is 1120. The van der Waals surface area contributed by atoms with Crippen LogP contribution in [0.3, 0.4) is 0 Å². The first kappa shape index (κ1) is 25.4. The minimum Gasteiger partial charge on any atom is -0.488 e. The third-order valence-electron chi connectivity index (χ3n) is 5.23. The van der Waals surface area contributed by atoms with E-state index in [1.54, 1.807) is 18.2 Å². The minimum atomic E-state index is -4.42. The third-order valence-corrected chi connectivity index (χ3v) is 5.23. The van der Waals surface area contributed by atoms with Crippen molar-refractivity contribution in [3.05, 3.63) is 59.8 Å². The molecule has 34 heavy (non-hydrogen) atoms. The number of nitrogens with one attached hydrogen (secondary N) is 1. The van der Waals surface area contributed by atoms with Crippen LogP contribution in [-0.4, -0.2) is 48.3 Å². The Morgan fingerprint density at radius 3 is 2.56 bits per heavy atom. The van der Waals surface area contributed by atoms with Gasteiger partial charge in [0.15, 0.2) is 18.1 Å². The van der Waals surface area contributed by atoms with E-state index in [0.717, 1.165) is 16.5 Å². The summed E-state index contributed by atoms with van der Waals surface area (Å²) in [7, 11) is 0. The smallest absolute Gasteiger partial charge is 0.422 e. The maximum absolute atomic E-state index is 12.4. The van der Waals surface area contributed by atoms with Gasteiger partial charge in [-0.2, -0.15) is 18.4 Å². The number of para-hydroxylation sites is 2. The van der Waals surface area contributed by atoms with Gasteiger partial charge in [-0.3, -0.25) is 0 Å². The number of ether oxygens (including phenoxy) is 2. The van der Waals surface area contributed by atoms with Crippen LogP contribution in [0.2, 0.25) is 0 Å². The monoisotopic (exact) mass is 475 g/mol. The highest BCUT2D eigenvalue weighted by Crippen LogP contribution is 2.28. The van der Waals surface area contributed by atoms with Crippen LogP contribution in [0.1, 0.15) is 24.5 Å². The molecule has 1 heterocycles. The first-order valence-electron chi connectivity index (χ1n) is 11.1. The van der Waals surface area contributed by atoms with Crippen LogP contribution in [0.5, 0.6) is 11.5 Å². The lowest BCUT2D eigenvalue weighted by Crippen LogP contribution is -2.31. The highest BCUT2D eigenvalue weighted by atomic mass is 19.4. The molecule has 0 saturated heterocycles. The molecule has 0 amide bonds. The normalized spacial score (nSPS) is 12.5. The van der Waals surface area contributed by atoms with Gasteiger partial charge < -0.3 is 24.5 Å². The molecule has 2 aromatic carbocycles. The number of rotatable bonds is 12. The maximum Gasteiger partial charge on any atom is 0.422 e. The molecule has 0 spiro atoms. The van der Waals surface area contributed by atoms with Crippen molar-refractivity contribution in [2.45, 2.75) is 38.5 Å². The van der Waals surface area contributed by atoms with E-state index in [9.17, 15) is 18.4 Å². The molecular weight excluding hydrogens is 447 g/mol. The fraction of sp³-hybridized carbons (Fsp3) is 0.400. The van der Waals surface area contributed by atoms with Crippen LogP contribution in [-0.2, 0) is 13.0 Å². The van der Waals surface area contributed by atoms with Crippen LogP contribution in [0.25, 0.3) is 10.9 Å². The Kier molecular flexibility index (Phi) is 8.79. The van der Waals surface area contributed by atoms with Gasteiger partial charge in [-0.25, -0.2) is 0 Å². The van der Waals surface area contributed by atoms with Gasteiger partial charge in [0, 0.05) is 37.3 Å². The van der Waals surface area contributed by atoms with Crippen molar-refractivity contribution in [3.63, 3.8) is 0 Å². The molecule has 1 atom stereocenters. The number of aliphatic hydroxyl groups excluding tert-OH is 1. The van der Waals surface area contributed by atoms with Crippen molar-refractivity contribution in [3.8, 4) is 17.6 Å². The second-order valence-electron chi connectivity index (χ2n) is 8.04. The molecular formula is C25H28F3N3O3. The van der Waals surface area contributed by atoms with Gasteiger partial charge in [-0.15, -0.1) is 0 Å². The fourth-order valence-corrected chi connectivity index (χ4v) is 3.78. The molecule has 0 aliphatic rings. The lowest BCUT2D eigenvalue weighted by Gasteiger charge is -2.16. The van der Waals surface area contributed by atoms with E-state index in [-0.39, 0.29) is 30.8 Å². The Hall–Kier alpha value is -3.22. The molecule has 0 aliphatic carbocycles. The van der Waals surface area contributed by atoms with Crippen molar-refractivity contribution < 1.29 is 27.8 Å². The van der Waals surface area contributed by atoms with Crippen molar-refractivity contribution in [2.24, 2.45) is 0 Å². The molecule has 0 saturated carbocycles. The van der Waals surface area contributed by atoms with Crippen molar-refractivity contribution in [2.75, 3.05) is 26.4 Å². The molecule has 182 valence electrons. The van der Waals surface area contributed by atoms with Crippen molar-refractivity contribution >= 4 is 10.9 Å². The second kappa shape index (κ2) is 11.8. The van der Waals surface area contributed by atoms with Gasteiger partial charge in [0.1, 0.15) is 12.7 Å². The zero-order valence-electron chi connectivity index (χ0n) is 18.9. The molecule has 0 bridgehead atoms. The molecule has 0 unspecified atom stereocenters. The summed E-state index contributed by atoms with van der Waals surface area (Å²) in [5.74, 6) is 0.312. The molecule has 9 heteroatoms. The Labute approximate surface area is 196 Å². The number of halogens is 3. The molecule has 0 fully saturated rings. The minimum absolute atomic E-state index is 0.0520. The number of nitriles is 1. The first-order valence-corrected chi connectivity index (χ1v) is 11.1. The van der Waals surface area contributed by atoms with E-state index in [1.165, 1.54) is 6.07 Å². The van der Waals surface area contributed by atoms with Gasteiger partial charge in [-0.1, -0.05) is 12.1 Å². The van der Waals surface area contributed by atoms with Crippen LogP contribution in [0, 0.1) is 11.3 Å². The summed E-state index contributed by atoms with van der Waals surface area (Å²) in [6.07, 6.45) is -1.17. The molecule has 2 N–H and O–H groups in total. The van der Waals surface area contributed by atoms with Crippen LogP contribution in [0.15, 0.2) is 48.7 Å². The van der Waals surface area contributed by atoms with E-state index < -0.39 is 12.8 Å². The zero-order chi connectivity index (χ0) is 24.6.